The summed E-state index contributed by atoms with van der Waals surface area (Å²) in [6, 6.07) is 0.818. The molecule has 0 spiro atoms. The van der Waals surface area contributed by atoms with Gasteiger partial charge in [-0.05, 0) is 18.9 Å². The summed E-state index contributed by atoms with van der Waals surface area (Å²) in [5.41, 5.74) is -0.911. The van der Waals surface area contributed by atoms with Gasteiger partial charge in [-0.2, -0.15) is 13.2 Å². The number of anilines is 2. The Morgan fingerprint density at radius 3 is 2.76 bits per heavy atom. The lowest BCUT2D eigenvalue weighted by atomic mass is 9.97. The molecule has 1 unspecified atom stereocenters. The van der Waals surface area contributed by atoms with Crippen molar-refractivity contribution in [2.75, 3.05) is 36.4 Å². The lowest BCUT2D eigenvalue weighted by Gasteiger charge is -2.32. The second-order valence-electron chi connectivity index (χ2n) is 6.62. The van der Waals surface area contributed by atoms with Crippen molar-refractivity contribution in [2.45, 2.75) is 19.0 Å². The Bertz CT molecular complexity index is 836. The maximum Gasteiger partial charge on any atom is 0.417 e. The van der Waals surface area contributed by atoms with Gasteiger partial charge in [0.1, 0.15) is 11.6 Å². The zero-order valence-electron chi connectivity index (χ0n) is 15.4. The fourth-order valence-electron chi connectivity index (χ4n) is 3.09. The molecular formula is C18H20ClF3N6O. The van der Waals surface area contributed by atoms with Crippen molar-refractivity contribution < 1.29 is 18.0 Å². The number of amides is 1. The van der Waals surface area contributed by atoms with Gasteiger partial charge >= 0.3 is 6.18 Å². The van der Waals surface area contributed by atoms with Gasteiger partial charge in [-0.25, -0.2) is 9.97 Å². The molecule has 1 amide bonds. The van der Waals surface area contributed by atoms with Gasteiger partial charge in [0.15, 0.2) is 0 Å². The van der Waals surface area contributed by atoms with Crippen LogP contribution >= 0.6 is 11.6 Å². The van der Waals surface area contributed by atoms with Crippen molar-refractivity contribution in [1.82, 2.24) is 20.3 Å². The van der Waals surface area contributed by atoms with Crippen molar-refractivity contribution in [2.24, 2.45) is 5.92 Å². The van der Waals surface area contributed by atoms with E-state index in [9.17, 15) is 18.0 Å². The lowest BCUT2D eigenvalue weighted by molar-refractivity contribution is -0.137. The summed E-state index contributed by atoms with van der Waals surface area (Å²) in [6.45, 7) is 1.95. The average Bonchev–Trinajstić information content (AvgIpc) is 2.72. The van der Waals surface area contributed by atoms with Crippen molar-refractivity contribution >= 4 is 29.1 Å². The number of nitrogens with one attached hydrogen (secondary N) is 2. The van der Waals surface area contributed by atoms with E-state index in [0.29, 0.717) is 13.1 Å². The molecule has 156 valence electrons. The second kappa shape index (κ2) is 9.25. The molecule has 0 aliphatic carbocycles. The summed E-state index contributed by atoms with van der Waals surface area (Å²) in [6.07, 6.45) is 2.76. The van der Waals surface area contributed by atoms with Crippen LogP contribution in [0.4, 0.5) is 24.8 Å². The molecule has 2 N–H and O–H groups in total. The van der Waals surface area contributed by atoms with Crippen LogP contribution in [0.3, 0.4) is 0 Å². The third kappa shape index (κ3) is 5.69. The maximum atomic E-state index is 12.6. The monoisotopic (exact) mass is 428 g/mol. The largest absolute Gasteiger partial charge is 0.417 e. The van der Waals surface area contributed by atoms with Gasteiger partial charge in [-0.1, -0.05) is 11.6 Å². The smallest absolute Gasteiger partial charge is 0.367 e. The van der Waals surface area contributed by atoms with E-state index in [1.54, 1.807) is 18.6 Å². The SMILES string of the molecule is O=C(NCCNc1ncc(C(F)(F)F)cc1Cl)C1CCCN(c2cnccn2)C1. The normalized spacial score (nSPS) is 17.1. The van der Waals surface area contributed by atoms with E-state index >= 15 is 0 Å². The summed E-state index contributed by atoms with van der Waals surface area (Å²) < 4.78 is 37.9. The van der Waals surface area contributed by atoms with E-state index in [2.05, 4.69) is 25.6 Å². The Hall–Kier alpha value is -2.62. The van der Waals surface area contributed by atoms with Gasteiger partial charge < -0.3 is 15.5 Å². The molecule has 0 bridgehead atoms. The highest BCUT2D eigenvalue weighted by atomic mass is 35.5. The van der Waals surface area contributed by atoms with E-state index < -0.39 is 11.7 Å². The van der Waals surface area contributed by atoms with Crippen LogP contribution in [0.2, 0.25) is 5.02 Å². The Morgan fingerprint density at radius 1 is 1.24 bits per heavy atom. The fourth-order valence-corrected chi connectivity index (χ4v) is 3.32. The Labute approximate surface area is 170 Å². The van der Waals surface area contributed by atoms with E-state index in [1.807, 2.05) is 4.90 Å². The molecule has 0 aromatic carbocycles. The highest BCUT2D eigenvalue weighted by Gasteiger charge is 2.31. The minimum absolute atomic E-state index is 0.0770. The zero-order valence-corrected chi connectivity index (χ0v) is 16.2. The molecule has 2 aromatic rings. The number of piperidine rings is 1. The van der Waals surface area contributed by atoms with Gasteiger partial charge in [0.25, 0.3) is 0 Å². The number of nitrogens with zero attached hydrogens (tertiary/aromatic N) is 4. The van der Waals surface area contributed by atoms with E-state index in [4.69, 9.17) is 11.6 Å². The van der Waals surface area contributed by atoms with Crippen molar-refractivity contribution in [3.05, 3.63) is 41.4 Å². The first-order valence-corrected chi connectivity index (χ1v) is 9.47. The van der Waals surface area contributed by atoms with Crippen molar-refractivity contribution in [3.63, 3.8) is 0 Å². The number of hydrogen-bond acceptors (Lipinski definition) is 6. The minimum atomic E-state index is -4.50. The average molecular weight is 429 g/mol. The van der Waals surface area contributed by atoms with Crippen LogP contribution in [0, 0.1) is 5.92 Å². The third-order valence-electron chi connectivity index (χ3n) is 4.55. The van der Waals surface area contributed by atoms with Crippen LogP contribution in [-0.2, 0) is 11.0 Å². The lowest BCUT2D eigenvalue weighted by Crippen LogP contribution is -2.44. The summed E-state index contributed by atoms with van der Waals surface area (Å²) in [7, 11) is 0. The predicted octanol–water partition coefficient (Wildman–Crippen LogP) is 2.99. The third-order valence-corrected chi connectivity index (χ3v) is 4.84. The molecule has 1 aliphatic heterocycles. The highest BCUT2D eigenvalue weighted by molar-refractivity contribution is 6.32. The number of aromatic nitrogens is 3. The quantitative estimate of drug-likeness (QED) is 0.688. The van der Waals surface area contributed by atoms with Crippen LogP contribution in [0.15, 0.2) is 30.9 Å². The first-order valence-electron chi connectivity index (χ1n) is 9.10. The predicted molar refractivity (Wildman–Crippen MR) is 103 cm³/mol. The molecule has 3 rings (SSSR count). The summed E-state index contributed by atoms with van der Waals surface area (Å²) >= 11 is 5.84. The number of hydrogen-bond donors (Lipinski definition) is 2. The number of rotatable bonds is 6. The molecule has 1 saturated heterocycles. The van der Waals surface area contributed by atoms with Crippen LogP contribution in [0.25, 0.3) is 0 Å². The summed E-state index contributed by atoms with van der Waals surface area (Å²) in [5, 5.41) is 5.54. The first-order chi connectivity index (χ1) is 13.8. The summed E-state index contributed by atoms with van der Waals surface area (Å²) in [4.78, 5) is 26.5. The summed E-state index contributed by atoms with van der Waals surface area (Å²) in [5.74, 6) is 0.639. The zero-order chi connectivity index (χ0) is 20.9. The molecule has 29 heavy (non-hydrogen) atoms. The molecule has 2 aromatic heterocycles. The van der Waals surface area contributed by atoms with Crippen LogP contribution in [0.5, 0.6) is 0 Å². The molecule has 1 atom stereocenters. The van der Waals surface area contributed by atoms with Gasteiger partial charge in [0.05, 0.1) is 22.7 Å². The molecule has 11 heteroatoms. The van der Waals surface area contributed by atoms with Crippen molar-refractivity contribution in [3.8, 4) is 0 Å². The van der Waals surface area contributed by atoms with Crippen LogP contribution in [-0.4, -0.2) is 47.0 Å². The Kier molecular flexibility index (Phi) is 6.73. The van der Waals surface area contributed by atoms with Crippen LogP contribution in [0.1, 0.15) is 18.4 Å². The molecule has 0 radical (unpaired) electrons. The standard InChI is InChI=1S/C18H20ClF3N6O/c19-14-8-13(18(20,21)22)9-27-16(14)25-5-6-26-17(29)12-2-1-7-28(11-12)15-10-23-3-4-24-15/h3-4,8-10,12H,1-2,5-7,11H2,(H,25,27)(H,26,29). The van der Waals surface area contributed by atoms with E-state index in [1.165, 1.54) is 0 Å². The number of halogens is 4. The van der Waals surface area contributed by atoms with Gasteiger partial charge in [-0.3, -0.25) is 9.78 Å². The number of alkyl halides is 3. The number of carbonyl (C=O) groups excluding carboxylic acids is 1. The Morgan fingerprint density at radius 2 is 2.07 bits per heavy atom. The molecule has 3 heterocycles. The topological polar surface area (TPSA) is 83.0 Å². The molecular weight excluding hydrogens is 409 g/mol. The maximum absolute atomic E-state index is 12.6. The second-order valence-corrected chi connectivity index (χ2v) is 7.03. The number of carbonyl (C=O) groups is 1. The van der Waals surface area contributed by atoms with E-state index in [-0.39, 0.29) is 29.2 Å². The minimum Gasteiger partial charge on any atom is -0.367 e. The molecule has 1 aliphatic rings. The highest BCUT2D eigenvalue weighted by Crippen LogP contribution is 2.32. The van der Waals surface area contributed by atoms with E-state index in [0.717, 1.165) is 37.5 Å². The number of pyridine rings is 1. The van der Waals surface area contributed by atoms with Gasteiger partial charge in [0, 0.05) is 44.8 Å². The fraction of sp³-hybridized carbons (Fsp3) is 0.444. The molecule has 0 saturated carbocycles. The van der Waals surface area contributed by atoms with Crippen LogP contribution < -0.4 is 15.5 Å². The molecule has 7 nitrogen and oxygen atoms in total. The Balaban J connectivity index is 1.45. The van der Waals surface area contributed by atoms with Crippen molar-refractivity contribution in [1.29, 1.82) is 0 Å². The molecule has 1 fully saturated rings. The van der Waals surface area contributed by atoms with Gasteiger partial charge in [-0.15, -0.1) is 0 Å². The van der Waals surface area contributed by atoms with Gasteiger partial charge in [0.2, 0.25) is 5.91 Å². The first kappa shape index (κ1) is 21.1.